The summed E-state index contributed by atoms with van der Waals surface area (Å²) < 4.78 is 10.6. The van der Waals surface area contributed by atoms with Gasteiger partial charge in [-0.25, -0.2) is 4.79 Å². The van der Waals surface area contributed by atoms with Crippen LogP contribution in [0.1, 0.15) is 74.6 Å². The van der Waals surface area contributed by atoms with Crippen LogP contribution in [0.3, 0.4) is 0 Å². The van der Waals surface area contributed by atoms with Gasteiger partial charge in [-0.3, -0.25) is 9.59 Å². The molecule has 1 aliphatic carbocycles. The lowest BCUT2D eigenvalue weighted by atomic mass is 9.96. The molecule has 0 saturated heterocycles. The largest absolute Gasteiger partial charge is 0.497 e. The van der Waals surface area contributed by atoms with Crippen molar-refractivity contribution in [2.75, 3.05) is 24.4 Å². The Hall–Kier alpha value is -4.08. The number of carbonyl (C=O) groups excluding carboxylic acids is 3. The van der Waals surface area contributed by atoms with Crippen LogP contribution < -0.4 is 15.4 Å². The van der Waals surface area contributed by atoms with Gasteiger partial charge in [0.1, 0.15) is 16.0 Å². The van der Waals surface area contributed by atoms with Crippen molar-refractivity contribution < 1.29 is 23.9 Å². The number of benzene rings is 3. The Morgan fingerprint density at radius 3 is 2.36 bits per heavy atom. The van der Waals surface area contributed by atoms with E-state index in [9.17, 15) is 14.4 Å². The molecule has 2 N–H and O–H groups in total. The first kappa shape index (κ1) is 31.3. The van der Waals surface area contributed by atoms with Crippen LogP contribution in [0, 0.1) is 0 Å². The lowest BCUT2D eigenvalue weighted by molar-refractivity contribution is -0.115. The highest BCUT2D eigenvalue weighted by molar-refractivity contribution is 8.00. The van der Waals surface area contributed by atoms with E-state index >= 15 is 0 Å². The molecule has 0 radical (unpaired) electrons. The molecule has 5 rings (SSSR count). The molecule has 0 saturated carbocycles. The number of thiophene rings is 1. The molecule has 9 heteroatoms. The molecule has 228 valence electrons. The Morgan fingerprint density at radius 1 is 0.886 bits per heavy atom. The van der Waals surface area contributed by atoms with Crippen LogP contribution >= 0.6 is 23.1 Å². The van der Waals surface area contributed by atoms with Crippen LogP contribution in [0.25, 0.3) is 0 Å². The highest BCUT2D eigenvalue weighted by Gasteiger charge is 2.29. The molecule has 0 fully saturated rings. The summed E-state index contributed by atoms with van der Waals surface area (Å²) in [6, 6.07) is 23.9. The Balaban J connectivity index is 1.40. The standard InChI is InChI=1S/C35H36N2O5S2/c1-3-42-35(40)30-28-16-9-4-5-10-17-29(28)44-34(30)37-33(39)31(23-12-7-6-8-13-23)43-27-15-11-14-25(22-27)36-32(38)24-18-20-26(41-2)21-19-24/h6-8,11-15,18-22,31H,3-5,9-10,16-17H2,1-2H3,(H,36,38)(H,37,39). The molecule has 0 spiro atoms. The summed E-state index contributed by atoms with van der Waals surface area (Å²) in [7, 11) is 1.58. The second-order valence-electron chi connectivity index (χ2n) is 10.5. The molecular formula is C35H36N2O5S2. The first-order valence-corrected chi connectivity index (χ1v) is 16.6. The van der Waals surface area contributed by atoms with Gasteiger partial charge in [-0.2, -0.15) is 0 Å². The van der Waals surface area contributed by atoms with Crippen molar-refractivity contribution in [2.45, 2.75) is 55.6 Å². The zero-order valence-corrected chi connectivity index (χ0v) is 26.5. The topological polar surface area (TPSA) is 93.7 Å². The second-order valence-corrected chi connectivity index (χ2v) is 12.7. The summed E-state index contributed by atoms with van der Waals surface area (Å²) in [5.41, 5.74) is 3.48. The van der Waals surface area contributed by atoms with Crippen LogP contribution in [-0.4, -0.2) is 31.5 Å². The fourth-order valence-corrected chi connectivity index (χ4v) is 7.60. The highest BCUT2D eigenvalue weighted by atomic mass is 32.2. The molecule has 44 heavy (non-hydrogen) atoms. The van der Waals surface area contributed by atoms with Crippen LogP contribution in [0.2, 0.25) is 0 Å². The molecule has 1 atom stereocenters. The molecule has 1 unspecified atom stereocenters. The third-order valence-corrected chi connectivity index (χ3v) is 9.88. The number of fused-ring (bicyclic) bond motifs is 1. The number of hydrogen-bond donors (Lipinski definition) is 2. The first-order chi connectivity index (χ1) is 21.5. The Kier molecular flexibility index (Phi) is 10.7. The van der Waals surface area contributed by atoms with E-state index in [2.05, 4.69) is 10.6 Å². The van der Waals surface area contributed by atoms with E-state index < -0.39 is 5.25 Å². The van der Waals surface area contributed by atoms with E-state index in [1.807, 2.05) is 54.6 Å². The molecule has 7 nitrogen and oxygen atoms in total. The maximum atomic E-state index is 14.0. The van der Waals surface area contributed by atoms with Gasteiger partial charge in [0.05, 0.1) is 19.3 Å². The number of anilines is 2. The van der Waals surface area contributed by atoms with Crippen molar-refractivity contribution in [1.29, 1.82) is 0 Å². The average Bonchev–Trinajstić information content (AvgIpc) is 3.35. The van der Waals surface area contributed by atoms with Crippen molar-refractivity contribution in [3.05, 3.63) is 106 Å². The summed E-state index contributed by atoms with van der Waals surface area (Å²) in [5.74, 6) is -0.182. The van der Waals surface area contributed by atoms with E-state index in [4.69, 9.17) is 9.47 Å². The molecule has 3 aromatic carbocycles. The number of aryl methyl sites for hydroxylation is 1. The molecule has 4 aromatic rings. The van der Waals surface area contributed by atoms with Gasteiger partial charge in [-0.05, 0) is 86.2 Å². The lowest BCUT2D eigenvalue weighted by Gasteiger charge is -2.18. The number of carbonyl (C=O) groups is 3. The van der Waals surface area contributed by atoms with Gasteiger partial charge >= 0.3 is 5.97 Å². The van der Waals surface area contributed by atoms with Crippen molar-refractivity contribution in [3.8, 4) is 5.75 Å². The van der Waals surface area contributed by atoms with Crippen molar-refractivity contribution in [3.63, 3.8) is 0 Å². The minimum absolute atomic E-state index is 0.228. The zero-order chi connectivity index (χ0) is 30.9. The fraction of sp³-hybridized carbons (Fsp3) is 0.286. The molecule has 0 aliphatic heterocycles. The molecule has 1 heterocycles. The quantitative estimate of drug-likeness (QED) is 0.136. The number of thioether (sulfide) groups is 1. The van der Waals surface area contributed by atoms with Crippen molar-refractivity contribution in [2.24, 2.45) is 0 Å². The number of esters is 1. The minimum atomic E-state index is -0.608. The van der Waals surface area contributed by atoms with Gasteiger partial charge in [0.2, 0.25) is 5.91 Å². The Labute approximate surface area is 266 Å². The monoisotopic (exact) mass is 628 g/mol. The van der Waals surface area contributed by atoms with Gasteiger partial charge in [-0.1, -0.05) is 49.2 Å². The van der Waals surface area contributed by atoms with E-state index in [1.54, 1.807) is 38.3 Å². The van der Waals surface area contributed by atoms with Gasteiger partial charge in [-0.15, -0.1) is 23.1 Å². The van der Waals surface area contributed by atoms with Crippen LogP contribution in [0.15, 0.2) is 83.8 Å². The minimum Gasteiger partial charge on any atom is -0.497 e. The molecule has 1 aromatic heterocycles. The molecule has 0 bridgehead atoms. The maximum Gasteiger partial charge on any atom is 0.341 e. The van der Waals surface area contributed by atoms with Crippen molar-refractivity contribution in [1.82, 2.24) is 0 Å². The van der Waals surface area contributed by atoms with Crippen LogP contribution in [0.4, 0.5) is 10.7 Å². The van der Waals surface area contributed by atoms with E-state index in [0.717, 1.165) is 53.0 Å². The smallest absolute Gasteiger partial charge is 0.341 e. The zero-order valence-electron chi connectivity index (χ0n) is 24.9. The number of methoxy groups -OCH3 is 1. The predicted molar refractivity (Wildman–Crippen MR) is 177 cm³/mol. The SMILES string of the molecule is CCOC(=O)c1c(NC(=O)C(Sc2cccc(NC(=O)c3ccc(OC)cc3)c2)c2ccccc2)sc2c1CCCCCC2. The Bertz CT molecular complexity index is 1600. The fourth-order valence-electron chi connectivity index (χ4n) is 5.23. The predicted octanol–water partition coefficient (Wildman–Crippen LogP) is 8.32. The maximum absolute atomic E-state index is 14.0. The van der Waals surface area contributed by atoms with Gasteiger partial charge in [0.25, 0.3) is 5.91 Å². The van der Waals surface area contributed by atoms with E-state index in [0.29, 0.717) is 27.6 Å². The van der Waals surface area contributed by atoms with Gasteiger partial charge in [0, 0.05) is 21.0 Å². The van der Waals surface area contributed by atoms with Gasteiger partial charge < -0.3 is 20.1 Å². The molecule has 1 aliphatic rings. The summed E-state index contributed by atoms with van der Waals surface area (Å²) in [6.45, 7) is 2.06. The normalized spacial score (nSPS) is 13.5. The third kappa shape index (κ3) is 7.70. The molecule has 2 amide bonds. The van der Waals surface area contributed by atoms with E-state index in [-0.39, 0.29) is 24.4 Å². The number of ether oxygens (including phenoxy) is 2. The molecular weight excluding hydrogens is 593 g/mol. The summed E-state index contributed by atoms with van der Waals surface area (Å²) >= 11 is 2.88. The lowest BCUT2D eigenvalue weighted by Crippen LogP contribution is -2.20. The van der Waals surface area contributed by atoms with Crippen LogP contribution in [0.5, 0.6) is 5.75 Å². The van der Waals surface area contributed by atoms with Crippen LogP contribution in [-0.2, 0) is 22.4 Å². The van der Waals surface area contributed by atoms with E-state index in [1.165, 1.54) is 29.5 Å². The second kappa shape index (κ2) is 15.1. The summed E-state index contributed by atoms with van der Waals surface area (Å²) in [4.78, 5) is 42.0. The number of amides is 2. The first-order valence-electron chi connectivity index (χ1n) is 14.9. The third-order valence-electron chi connectivity index (χ3n) is 7.43. The van der Waals surface area contributed by atoms with Gasteiger partial charge in [0.15, 0.2) is 0 Å². The van der Waals surface area contributed by atoms with Crippen molar-refractivity contribution >= 4 is 51.6 Å². The summed E-state index contributed by atoms with van der Waals surface area (Å²) in [6.07, 6.45) is 6.08. The number of hydrogen-bond acceptors (Lipinski definition) is 7. The highest BCUT2D eigenvalue weighted by Crippen LogP contribution is 2.41. The number of rotatable bonds is 10. The summed E-state index contributed by atoms with van der Waals surface area (Å²) in [5, 5.41) is 6.02. The number of nitrogens with one attached hydrogen (secondary N) is 2. The average molecular weight is 629 g/mol. The Morgan fingerprint density at radius 2 is 1.64 bits per heavy atom.